The van der Waals surface area contributed by atoms with Crippen LogP contribution < -0.4 is 0 Å². The molecule has 5 nitrogen and oxygen atoms in total. The molecule has 1 unspecified atom stereocenters. The molecule has 1 aliphatic heterocycles. The van der Waals surface area contributed by atoms with Gasteiger partial charge in [-0.05, 0) is 124 Å². The number of hydrogen-bond acceptors (Lipinski definition) is 5. The maximum Gasteiger partial charge on any atom is 0.316 e. The quantitative estimate of drug-likeness (QED) is 0.173. The topological polar surface area (TPSA) is 61.8 Å². The summed E-state index contributed by atoms with van der Waals surface area (Å²) in [4.78, 5) is 22.2. The molecule has 0 saturated carbocycles. The zero-order valence-corrected chi connectivity index (χ0v) is 36.8. The molecule has 3 aliphatic rings. The molecule has 0 bridgehead atoms. The number of esters is 2. The van der Waals surface area contributed by atoms with Crippen LogP contribution in [-0.2, 0) is 49.5 Å². The molecule has 5 rings (SSSR count). The van der Waals surface area contributed by atoms with Crippen LogP contribution in [-0.4, -0.2) is 32.9 Å². The van der Waals surface area contributed by atoms with Crippen LogP contribution in [0.2, 0.25) is 18.1 Å². The number of aryl methyl sites for hydroxylation is 4. The first-order chi connectivity index (χ1) is 24.3. The fraction of sp³-hybridized carbons (Fsp3) is 0.574. The van der Waals surface area contributed by atoms with Gasteiger partial charge in [-0.2, -0.15) is 0 Å². The van der Waals surface area contributed by atoms with E-state index in [4.69, 9.17) is 9.47 Å². The summed E-state index contributed by atoms with van der Waals surface area (Å²) in [5.74, 6) is -0.433. The summed E-state index contributed by atoms with van der Waals surface area (Å²) in [6.07, 6.45) is 15.8. The largest absolute Gasteiger partial charge is 0.435 e. The number of rotatable bonds is 5. The maximum atomic E-state index is 11.4. The van der Waals surface area contributed by atoms with Gasteiger partial charge in [0.15, 0.2) is 0 Å². The van der Waals surface area contributed by atoms with Crippen LogP contribution >= 0.6 is 0 Å². The van der Waals surface area contributed by atoms with Gasteiger partial charge in [-0.3, -0.25) is 9.59 Å². The molecule has 1 fully saturated rings. The van der Waals surface area contributed by atoms with Crippen molar-refractivity contribution >= 4 is 32.2 Å². The van der Waals surface area contributed by atoms with Gasteiger partial charge in [0.25, 0.3) is 0 Å². The molecule has 53 heavy (non-hydrogen) atoms. The van der Waals surface area contributed by atoms with Crippen molar-refractivity contribution in [2.75, 3.05) is 6.61 Å². The van der Waals surface area contributed by atoms with E-state index in [1.807, 2.05) is 20.8 Å². The molecule has 2 aromatic rings. The van der Waals surface area contributed by atoms with Crippen LogP contribution in [0, 0.1) is 16.2 Å². The molecule has 0 spiro atoms. The fourth-order valence-electron chi connectivity index (χ4n) is 4.89. The molecule has 1 heterocycles. The number of carbonyl (C=O) groups is 2. The minimum absolute atomic E-state index is 0.181. The van der Waals surface area contributed by atoms with Crippen molar-refractivity contribution in [3.63, 3.8) is 0 Å². The van der Waals surface area contributed by atoms with Crippen LogP contribution in [0.5, 0.6) is 0 Å². The van der Waals surface area contributed by atoms with Crippen molar-refractivity contribution in [2.24, 2.45) is 16.2 Å². The lowest BCUT2D eigenvalue weighted by atomic mass is 9.87. The summed E-state index contributed by atoms with van der Waals surface area (Å²) >= 11 is 0. The normalized spacial score (nSPS) is 16.8. The van der Waals surface area contributed by atoms with Crippen LogP contribution in [0.25, 0.3) is 12.2 Å². The van der Waals surface area contributed by atoms with Crippen LogP contribution in [0.3, 0.4) is 0 Å². The summed E-state index contributed by atoms with van der Waals surface area (Å²) in [6.45, 7) is 33.6. The first kappa shape index (κ1) is 45.9. The molecule has 0 amide bonds. The van der Waals surface area contributed by atoms with Crippen molar-refractivity contribution in [3.05, 3.63) is 94.4 Å². The number of carbonyl (C=O) groups excluding carboxylic acids is 2. The third-order valence-electron chi connectivity index (χ3n) is 9.98. The van der Waals surface area contributed by atoms with Gasteiger partial charge in [0.05, 0.1) is 31.8 Å². The van der Waals surface area contributed by atoms with Gasteiger partial charge in [-0.15, -0.1) is 0 Å². The van der Waals surface area contributed by atoms with Gasteiger partial charge in [0, 0.05) is 6.42 Å². The maximum absolute atomic E-state index is 11.4. The lowest BCUT2D eigenvalue weighted by Crippen LogP contribution is -2.34. The molecule has 0 radical (unpaired) electrons. The van der Waals surface area contributed by atoms with Crippen LogP contribution in [0.4, 0.5) is 0 Å². The molecule has 0 aromatic heterocycles. The van der Waals surface area contributed by atoms with Crippen LogP contribution in [0.1, 0.15) is 136 Å². The number of allylic oxidation sites excluding steroid dienone is 1. The average Bonchev–Trinajstić information content (AvgIpc) is 3.01. The summed E-state index contributed by atoms with van der Waals surface area (Å²) < 4.78 is 15.0. The third-order valence-corrected chi connectivity index (χ3v) is 14.8. The number of hydrogen-bond donors (Lipinski definition) is 0. The van der Waals surface area contributed by atoms with E-state index in [2.05, 4.69) is 126 Å². The molecule has 1 atom stereocenters. The monoisotopic (exact) mass is 745 g/mol. The van der Waals surface area contributed by atoms with Crippen molar-refractivity contribution in [3.8, 4) is 0 Å². The molecule has 1 saturated heterocycles. The van der Waals surface area contributed by atoms with Gasteiger partial charge in [-0.1, -0.05) is 122 Å². The van der Waals surface area contributed by atoms with Crippen molar-refractivity contribution < 1.29 is 23.8 Å². The van der Waals surface area contributed by atoms with E-state index in [-0.39, 0.29) is 23.6 Å². The SMILES string of the molecule is C=COC(=O)C(C)(C)C.CC(C)(C)/C=C/c1ccc2c(c1)CC2.CC(C)(C)C(=O)OC1CCCCO1.CC(C)(C)[Si](C)(C)/C=C/c1ccc2c(c1)CC2. The zero-order valence-electron chi connectivity index (χ0n) is 35.8. The minimum Gasteiger partial charge on any atom is -0.435 e. The summed E-state index contributed by atoms with van der Waals surface area (Å²) in [5, 5.41) is 0.434. The summed E-state index contributed by atoms with van der Waals surface area (Å²) in [6, 6.07) is 13.7. The van der Waals surface area contributed by atoms with E-state index in [1.54, 1.807) is 37.5 Å². The molecule has 2 aromatic carbocycles. The smallest absolute Gasteiger partial charge is 0.316 e. The van der Waals surface area contributed by atoms with Crippen molar-refractivity contribution in [2.45, 2.75) is 152 Å². The molecular weight excluding hydrogens is 673 g/mol. The fourth-order valence-corrected chi connectivity index (χ4v) is 6.00. The molecule has 6 heteroatoms. The highest BCUT2D eigenvalue weighted by molar-refractivity contribution is 6.85. The Morgan fingerprint density at radius 3 is 1.55 bits per heavy atom. The standard InChI is InChI=1S/C16H24Si.C14H18.C10H18O3.C7H12O2/c1-16(2,3)17(4,5)11-10-13-6-7-14-8-9-15(14)12-13;1-14(2,3)9-8-11-4-5-12-6-7-13(12)10-11;1-10(2,3)9(11)13-8-6-4-5-7-12-8;1-5-9-6(8)7(2,3)4/h6-7,10-12H,8-9H2,1-5H3;4-5,8-10H,6-7H2,1-3H3;8H,4-7H2,1-3H3;5H,1H2,2-4H3/b11-10+;9-8+;;. The number of fused-ring (bicyclic) bond motifs is 2. The van der Waals surface area contributed by atoms with Gasteiger partial charge in [0.2, 0.25) is 6.29 Å². The Bertz CT molecular complexity index is 1560. The van der Waals surface area contributed by atoms with Gasteiger partial charge < -0.3 is 14.2 Å². The van der Waals surface area contributed by atoms with E-state index < -0.39 is 18.9 Å². The first-order valence-corrected chi connectivity index (χ1v) is 22.7. The van der Waals surface area contributed by atoms with E-state index in [0.717, 1.165) is 25.5 Å². The first-order valence-electron chi connectivity index (χ1n) is 19.6. The minimum atomic E-state index is -1.28. The van der Waals surface area contributed by atoms with Crippen molar-refractivity contribution in [1.29, 1.82) is 0 Å². The Balaban J connectivity index is 0.000000250. The Kier molecular flexibility index (Phi) is 16.8. The summed E-state index contributed by atoms with van der Waals surface area (Å²) in [5.41, 5.74) is 10.8. The third kappa shape index (κ3) is 16.4. The zero-order chi connectivity index (χ0) is 40.3. The number of ether oxygens (including phenoxy) is 3. The molecule has 0 N–H and O–H groups in total. The second-order valence-electron chi connectivity index (χ2n) is 19.3. The van der Waals surface area contributed by atoms with Gasteiger partial charge >= 0.3 is 11.9 Å². The average molecular weight is 745 g/mol. The predicted molar refractivity (Wildman–Crippen MR) is 227 cm³/mol. The van der Waals surface area contributed by atoms with Gasteiger partial charge in [0.1, 0.15) is 0 Å². The van der Waals surface area contributed by atoms with E-state index in [0.29, 0.717) is 11.6 Å². The highest BCUT2D eigenvalue weighted by atomic mass is 28.3. The van der Waals surface area contributed by atoms with E-state index in [9.17, 15) is 9.59 Å². The van der Waals surface area contributed by atoms with Crippen molar-refractivity contribution in [1.82, 2.24) is 0 Å². The van der Waals surface area contributed by atoms with E-state index >= 15 is 0 Å². The molecular formula is C47H72O5Si. The molecule has 2 aliphatic carbocycles. The van der Waals surface area contributed by atoms with Crippen LogP contribution in [0.15, 0.2) is 61.0 Å². The second kappa shape index (κ2) is 19.4. The number of benzene rings is 2. The predicted octanol–water partition coefficient (Wildman–Crippen LogP) is 12.5. The summed E-state index contributed by atoms with van der Waals surface area (Å²) in [7, 11) is -1.28. The Labute approximate surface area is 324 Å². The van der Waals surface area contributed by atoms with Gasteiger partial charge in [-0.25, -0.2) is 0 Å². The highest BCUT2D eigenvalue weighted by Gasteiger charge is 2.32. The molecule has 294 valence electrons. The lowest BCUT2D eigenvalue weighted by Gasteiger charge is -2.34. The Morgan fingerprint density at radius 1 is 0.717 bits per heavy atom. The second-order valence-corrected chi connectivity index (χ2v) is 24.6. The Hall–Kier alpha value is -3.22. The Morgan fingerprint density at radius 2 is 1.21 bits per heavy atom. The highest BCUT2D eigenvalue weighted by Crippen LogP contribution is 2.37. The lowest BCUT2D eigenvalue weighted by molar-refractivity contribution is -0.195. The van der Waals surface area contributed by atoms with E-state index in [1.165, 1.54) is 42.4 Å².